The zero-order valence-corrected chi connectivity index (χ0v) is 13.8. The molecule has 3 nitrogen and oxygen atoms in total. The lowest BCUT2D eigenvalue weighted by atomic mass is 9.91. The van der Waals surface area contributed by atoms with Crippen molar-refractivity contribution in [2.24, 2.45) is 0 Å². The Hall–Kier alpha value is -0.940. The highest BCUT2D eigenvalue weighted by Gasteiger charge is 2.23. The van der Waals surface area contributed by atoms with Crippen molar-refractivity contribution in [2.45, 2.75) is 52.5 Å². The Balaban J connectivity index is 2.26. The van der Waals surface area contributed by atoms with E-state index in [9.17, 15) is 0 Å². The molecule has 1 N–H and O–H groups in total. The van der Waals surface area contributed by atoms with E-state index >= 15 is 0 Å². The minimum Gasteiger partial charge on any atom is -0.359 e. The van der Waals surface area contributed by atoms with Gasteiger partial charge in [0.15, 0.2) is 5.13 Å². The number of thiazole rings is 2. The number of hydrogen-bond acceptors (Lipinski definition) is 5. The van der Waals surface area contributed by atoms with Gasteiger partial charge in [-0.3, -0.25) is 0 Å². The lowest BCUT2D eigenvalue weighted by Gasteiger charge is -2.16. The minimum absolute atomic E-state index is 0.0588. The van der Waals surface area contributed by atoms with Crippen LogP contribution in [0.25, 0.3) is 10.6 Å². The molecule has 0 amide bonds. The van der Waals surface area contributed by atoms with Gasteiger partial charge in [-0.15, -0.1) is 22.7 Å². The second kappa shape index (κ2) is 5.59. The third-order valence-electron chi connectivity index (χ3n) is 3.00. The summed E-state index contributed by atoms with van der Waals surface area (Å²) < 4.78 is 0. The van der Waals surface area contributed by atoms with Gasteiger partial charge >= 0.3 is 0 Å². The van der Waals surface area contributed by atoms with E-state index in [2.05, 4.69) is 50.3 Å². The van der Waals surface area contributed by atoms with E-state index in [0.717, 1.165) is 22.9 Å². The molecule has 1 unspecified atom stereocenters. The molecule has 0 bridgehead atoms. The molecule has 2 aromatic rings. The summed E-state index contributed by atoms with van der Waals surface area (Å²) >= 11 is 3.34. The molecule has 0 radical (unpaired) electrons. The molecule has 0 saturated carbocycles. The van der Waals surface area contributed by atoms with Gasteiger partial charge in [-0.25, -0.2) is 9.97 Å². The number of rotatable bonds is 4. The number of anilines is 1. The van der Waals surface area contributed by atoms with Crippen LogP contribution in [0.1, 0.15) is 46.7 Å². The summed E-state index contributed by atoms with van der Waals surface area (Å²) in [5, 5.41) is 6.54. The van der Waals surface area contributed by atoms with Crippen LogP contribution in [0.4, 0.5) is 5.13 Å². The van der Waals surface area contributed by atoms with Crippen molar-refractivity contribution in [3.05, 3.63) is 16.6 Å². The molecule has 2 heterocycles. The van der Waals surface area contributed by atoms with Crippen LogP contribution in [0.5, 0.6) is 0 Å². The molecule has 5 heteroatoms. The van der Waals surface area contributed by atoms with E-state index < -0.39 is 0 Å². The van der Waals surface area contributed by atoms with Crippen LogP contribution in [-0.2, 0) is 5.41 Å². The average Bonchev–Trinajstić information content (AvgIpc) is 2.94. The third kappa shape index (κ3) is 3.34. The predicted molar refractivity (Wildman–Crippen MR) is 85.3 cm³/mol. The first-order valence-electron chi connectivity index (χ1n) is 6.58. The Morgan fingerprint density at radius 1 is 1.32 bits per heavy atom. The fraction of sp³-hybridized carbons (Fsp3) is 0.571. The summed E-state index contributed by atoms with van der Waals surface area (Å²) in [7, 11) is 0. The van der Waals surface area contributed by atoms with E-state index in [0.29, 0.717) is 6.04 Å². The van der Waals surface area contributed by atoms with Crippen LogP contribution in [0.15, 0.2) is 10.9 Å². The van der Waals surface area contributed by atoms with Gasteiger partial charge in [0, 0.05) is 16.8 Å². The Morgan fingerprint density at radius 3 is 2.68 bits per heavy atom. The Labute approximate surface area is 123 Å². The third-order valence-corrected chi connectivity index (χ3v) is 4.62. The Morgan fingerprint density at radius 2 is 2.05 bits per heavy atom. The summed E-state index contributed by atoms with van der Waals surface area (Å²) in [4.78, 5) is 10.4. The molecule has 0 spiro atoms. The highest BCUT2D eigenvalue weighted by molar-refractivity contribution is 7.15. The van der Waals surface area contributed by atoms with Crippen molar-refractivity contribution >= 4 is 27.8 Å². The van der Waals surface area contributed by atoms with Crippen LogP contribution < -0.4 is 5.32 Å². The predicted octanol–water partition coefficient (Wildman–Crippen LogP) is 4.77. The average molecular weight is 295 g/mol. The largest absolute Gasteiger partial charge is 0.359 e. The summed E-state index contributed by atoms with van der Waals surface area (Å²) in [6.45, 7) is 10.9. The minimum atomic E-state index is 0.0588. The lowest BCUT2D eigenvalue weighted by Crippen LogP contribution is -2.13. The standard InChI is InChI=1S/C14H21N3S2/c1-6-9(2)16-13-17-10(7-18-13)11-12(14(3,4)5)15-8-19-11/h7-9H,6H2,1-5H3,(H,16,17). The van der Waals surface area contributed by atoms with Gasteiger partial charge in [0.25, 0.3) is 0 Å². The highest BCUT2D eigenvalue weighted by atomic mass is 32.1. The second-order valence-corrected chi connectivity index (χ2v) is 7.48. The normalized spacial score (nSPS) is 13.5. The Kier molecular flexibility index (Phi) is 4.26. The van der Waals surface area contributed by atoms with Gasteiger partial charge in [-0.1, -0.05) is 27.7 Å². The first kappa shape index (κ1) is 14.5. The molecule has 0 saturated heterocycles. The first-order chi connectivity index (χ1) is 8.91. The molecule has 0 aromatic carbocycles. The van der Waals surface area contributed by atoms with E-state index in [4.69, 9.17) is 4.98 Å². The van der Waals surface area contributed by atoms with Crippen molar-refractivity contribution in [1.82, 2.24) is 9.97 Å². The van der Waals surface area contributed by atoms with Gasteiger partial charge < -0.3 is 5.32 Å². The summed E-state index contributed by atoms with van der Waals surface area (Å²) in [5.74, 6) is 0. The Bertz CT molecular complexity index is 537. The number of nitrogens with zero attached hydrogens (tertiary/aromatic N) is 2. The zero-order valence-electron chi connectivity index (χ0n) is 12.2. The van der Waals surface area contributed by atoms with Crippen molar-refractivity contribution in [3.63, 3.8) is 0 Å². The number of aromatic nitrogens is 2. The monoisotopic (exact) mass is 295 g/mol. The van der Waals surface area contributed by atoms with Crippen molar-refractivity contribution in [3.8, 4) is 10.6 Å². The van der Waals surface area contributed by atoms with Crippen LogP contribution in [0.3, 0.4) is 0 Å². The van der Waals surface area contributed by atoms with Gasteiger partial charge in [0.05, 0.1) is 21.8 Å². The molecule has 0 fully saturated rings. The van der Waals surface area contributed by atoms with E-state index in [1.54, 1.807) is 22.7 Å². The molecule has 2 aromatic heterocycles. The molecular formula is C14H21N3S2. The topological polar surface area (TPSA) is 37.8 Å². The molecule has 19 heavy (non-hydrogen) atoms. The molecule has 0 aliphatic carbocycles. The SMILES string of the molecule is CCC(C)Nc1nc(-c2scnc2C(C)(C)C)cs1. The van der Waals surface area contributed by atoms with E-state index in [1.807, 2.05) is 5.51 Å². The molecular weight excluding hydrogens is 274 g/mol. The highest BCUT2D eigenvalue weighted by Crippen LogP contribution is 2.36. The zero-order chi connectivity index (χ0) is 14.0. The van der Waals surface area contributed by atoms with Crippen LogP contribution in [0.2, 0.25) is 0 Å². The van der Waals surface area contributed by atoms with Gasteiger partial charge in [0.2, 0.25) is 0 Å². The number of nitrogens with one attached hydrogen (secondary N) is 1. The molecule has 0 aliphatic rings. The van der Waals surface area contributed by atoms with Crippen LogP contribution >= 0.6 is 22.7 Å². The lowest BCUT2D eigenvalue weighted by molar-refractivity contribution is 0.574. The number of hydrogen-bond donors (Lipinski definition) is 1. The van der Waals surface area contributed by atoms with Crippen molar-refractivity contribution in [2.75, 3.05) is 5.32 Å². The van der Waals surface area contributed by atoms with Crippen molar-refractivity contribution < 1.29 is 0 Å². The smallest absolute Gasteiger partial charge is 0.183 e. The van der Waals surface area contributed by atoms with Crippen LogP contribution in [-0.4, -0.2) is 16.0 Å². The maximum atomic E-state index is 4.69. The first-order valence-corrected chi connectivity index (χ1v) is 8.34. The fourth-order valence-corrected chi connectivity index (χ4v) is 3.57. The molecule has 1 atom stereocenters. The second-order valence-electron chi connectivity index (χ2n) is 5.77. The summed E-state index contributed by atoms with van der Waals surface area (Å²) in [6, 6.07) is 0.461. The van der Waals surface area contributed by atoms with E-state index in [1.165, 1.54) is 4.88 Å². The van der Waals surface area contributed by atoms with Gasteiger partial charge in [0.1, 0.15) is 0 Å². The van der Waals surface area contributed by atoms with Gasteiger partial charge in [-0.2, -0.15) is 0 Å². The fourth-order valence-electron chi connectivity index (χ4n) is 1.72. The molecule has 0 aliphatic heterocycles. The maximum absolute atomic E-state index is 4.69. The maximum Gasteiger partial charge on any atom is 0.183 e. The quantitative estimate of drug-likeness (QED) is 0.882. The molecule has 104 valence electrons. The summed E-state index contributed by atoms with van der Waals surface area (Å²) in [6.07, 6.45) is 1.10. The summed E-state index contributed by atoms with van der Waals surface area (Å²) in [5.41, 5.74) is 4.15. The van der Waals surface area contributed by atoms with E-state index in [-0.39, 0.29) is 5.41 Å². The van der Waals surface area contributed by atoms with Gasteiger partial charge in [-0.05, 0) is 13.3 Å². The van der Waals surface area contributed by atoms with Crippen LogP contribution in [0, 0.1) is 0 Å². The molecule has 2 rings (SSSR count). The van der Waals surface area contributed by atoms with Crippen molar-refractivity contribution in [1.29, 1.82) is 0 Å².